The molecule has 104 valence electrons. The molecular weight excluding hydrogens is 255 g/mol. The molecule has 19 heavy (non-hydrogen) atoms. The largest absolute Gasteiger partial charge is 0.394 e. The van der Waals surface area contributed by atoms with E-state index in [9.17, 15) is 14.0 Å². The van der Waals surface area contributed by atoms with E-state index < -0.39 is 17.6 Å². The summed E-state index contributed by atoms with van der Waals surface area (Å²) in [7, 11) is 0. The minimum absolute atomic E-state index is 0.0563. The highest BCUT2D eigenvalue weighted by atomic mass is 19.1. The Morgan fingerprint density at radius 2 is 1.95 bits per heavy atom. The molecule has 0 atom stereocenters. The van der Waals surface area contributed by atoms with E-state index in [-0.39, 0.29) is 32.1 Å². The number of para-hydroxylation sites is 1. The van der Waals surface area contributed by atoms with Crippen LogP contribution in [0.1, 0.15) is 0 Å². The molecule has 0 spiro atoms. The molecule has 2 amide bonds. The van der Waals surface area contributed by atoms with E-state index in [2.05, 4.69) is 10.6 Å². The molecule has 0 heterocycles. The fourth-order valence-electron chi connectivity index (χ4n) is 1.23. The second-order valence-corrected chi connectivity index (χ2v) is 3.53. The third kappa shape index (κ3) is 5.45. The lowest BCUT2D eigenvalue weighted by molar-refractivity contribution is -0.136. The summed E-state index contributed by atoms with van der Waals surface area (Å²) >= 11 is 0. The molecular formula is C12H15FN2O4. The van der Waals surface area contributed by atoms with E-state index in [0.29, 0.717) is 0 Å². The van der Waals surface area contributed by atoms with Crippen LogP contribution in [-0.2, 0) is 14.3 Å². The molecule has 7 heteroatoms. The van der Waals surface area contributed by atoms with Gasteiger partial charge in [0.15, 0.2) is 0 Å². The maximum absolute atomic E-state index is 13.2. The Kier molecular flexibility index (Phi) is 6.48. The van der Waals surface area contributed by atoms with Gasteiger partial charge in [0.05, 0.1) is 25.5 Å². The van der Waals surface area contributed by atoms with Gasteiger partial charge in [0.25, 0.3) is 0 Å². The number of rotatable bonds is 6. The number of amides is 2. The summed E-state index contributed by atoms with van der Waals surface area (Å²) in [4.78, 5) is 22.8. The van der Waals surface area contributed by atoms with Crippen LogP contribution < -0.4 is 10.6 Å². The molecule has 0 unspecified atom stereocenters. The molecule has 0 radical (unpaired) electrons. The van der Waals surface area contributed by atoms with Crippen molar-refractivity contribution in [3.63, 3.8) is 0 Å². The number of nitrogens with one attached hydrogen (secondary N) is 2. The van der Waals surface area contributed by atoms with Gasteiger partial charge in [-0.3, -0.25) is 9.59 Å². The fraction of sp³-hybridized carbons (Fsp3) is 0.333. The molecule has 0 aliphatic carbocycles. The molecule has 0 saturated heterocycles. The lowest BCUT2D eigenvalue weighted by Gasteiger charge is -2.07. The summed E-state index contributed by atoms with van der Waals surface area (Å²) in [6.45, 7) is 0.363. The first-order valence-electron chi connectivity index (χ1n) is 5.67. The van der Waals surface area contributed by atoms with Crippen LogP contribution in [0.5, 0.6) is 0 Å². The number of carbonyl (C=O) groups is 2. The summed E-state index contributed by atoms with van der Waals surface area (Å²) in [5, 5.41) is 12.9. The number of aliphatic hydroxyl groups excluding tert-OH is 1. The molecule has 0 fully saturated rings. The second kappa shape index (κ2) is 8.17. The molecule has 6 nitrogen and oxygen atoms in total. The minimum atomic E-state index is -0.952. The first-order valence-corrected chi connectivity index (χ1v) is 5.67. The van der Waals surface area contributed by atoms with Gasteiger partial charge in [-0.1, -0.05) is 12.1 Å². The Morgan fingerprint density at radius 3 is 2.63 bits per heavy atom. The van der Waals surface area contributed by atoms with E-state index in [4.69, 9.17) is 9.84 Å². The zero-order valence-corrected chi connectivity index (χ0v) is 10.2. The van der Waals surface area contributed by atoms with Crippen molar-refractivity contribution < 1.29 is 23.8 Å². The predicted octanol–water partition coefficient (Wildman–Crippen LogP) is -0.111. The lowest BCUT2D eigenvalue weighted by Crippen LogP contribution is -2.37. The van der Waals surface area contributed by atoms with E-state index in [1.54, 1.807) is 6.07 Å². The van der Waals surface area contributed by atoms with Gasteiger partial charge in [-0.15, -0.1) is 0 Å². The Balaban J connectivity index is 2.33. The number of hydrogen-bond donors (Lipinski definition) is 3. The van der Waals surface area contributed by atoms with Gasteiger partial charge in [0.1, 0.15) is 5.82 Å². The van der Waals surface area contributed by atoms with Gasteiger partial charge in [0.2, 0.25) is 0 Å². The van der Waals surface area contributed by atoms with E-state index >= 15 is 0 Å². The molecule has 0 bridgehead atoms. The summed E-state index contributed by atoms with van der Waals surface area (Å²) in [5.41, 5.74) is -0.0563. The topological polar surface area (TPSA) is 87.7 Å². The number of ether oxygens (including phenoxy) is 1. The Hall–Kier alpha value is -1.99. The van der Waals surface area contributed by atoms with Crippen LogP contribution in [0, 0.1) is 5.82 Å². The van der Waals surface area contributed by atoms with Crippen molar-refractivity contribution in [2.75, 3.05) is 31.7 Å². The Labute approximate surface area is 109 Å². The first kappa shape index (κ1) is 15.1. The van der Waals surface area contributed by atoms with Crippen molar-refractivity contribution in [3.05, 3.63) is 30.1 Å². The van der Waals surface area contributed by atoms with Crippen LogP contribution in [0.25, 0.3) is 0 Å². The number of halogens is 1. The third-order valence-corrected chi connectivity index (χ3v) is 2.10. The standard InChI is InChI=1S/C12H15FN2O4/c13-9-3-1-2-4-10(9)15-12(18)11(17)14-5-7-19-8-6-16/h1-4,16H,5-8H2,(H,14,17)(H,15,18). The number of benzene rings is 1. The average molecular weight is 270 g/mol. The molecule has 1 rings (SSSR count). The van der Waals surface area contributed by atoms with Gasteiger partial charge < -0.3 is 20.5 Å². The second-order valence-electron chi connectivity index (χ2n) is 3.53. The Morgan fingerprint density at radius 1 is 1.21 bits per heavy atom. The molecule has 0 aliphatic heterocycles. The molecule has 0 saturated carbocycles. The Bertz CT molecular complexity index is 439. The number of aliphatic hydroxyl groups is 1. The highest BCUT2D eigenvalue weighted by molar-refractivity contribution is 6.39. The van der Waals surface area contributed by atoms with Gasteiger partial charge in [-0.05, 0) is 12.1 Å². The van der Waals surface area contributed by atoms with Crippen molar-refractivity contribution in [1.29, 1.82) is 0 Å². The molecule has 1 aromatic rings. The zero-order valence-electron chi connectivity index (χ0n) is 10.2. The maximum atomic E-state index is 13.2. The van der Waals surface area contributed by atoms with Crippen molar-refractivity contribution >= 4 is 17.5 Å². The van der Waals surface area contributed by atoms with Gasteiger partial charge in [-0.2, -0.15) is 0 Å². The lowest BCUT2D eigenvalue weighted by atomic mass is 10.3. The van der Waals surface area contributed by atoms with Gasteiger partial charge in [-0.25, -0.2) is 4.39 Å². The summed E-state index contributed by atoms with van der Waals surface area (Å²) < 4.78 is 18.1. The molecule has 1 aromatic carbocycles. The van der Waals surface area contributed by atoms with Crippen LogP contribution in [0.15, 0.2) is 24.3 Å². The average Bonchev–Trinajstić information content (AvgIpc) is 2.41. The summed E-state index contributed by atoms with van der Waals surface area (Å²) in [6.07, 6.45) is 0. The van der Waals surface area contributed by atoms with Crippen molar-refractivity contribution in [3.8, 4) is 0 Å². The van der Waals surface area contributed by atoms with Crippen LogP contribution in [0.4, 0.5) is 10.1 Å². The quantitative estimate of drug-likeness (QED) is 0.497. The maximum Gasteiger partial charge on any atom is 0.313 e. The number of carbonyl (C=O) groups excluding carboxylic acids is 2. The van der Waals surface area contributed by atoms with Crippen LogP contribution in [-0.4, -0.2) is 43.3 Å². The predicted molar refractivity (Wildman–Crippen MR) is 65.9 cm³/mol. The van der Waals surface area contributed by atoms with E-state index in [1.165, 1.54) is 18.2 Å². The normalized spacial score (nSPS) is 10.0. The third-order valence-electron chi connectivity index (χ3n) is 2.10. The van der Waals surface area contributed by atoms with Crippen LogP contribution in [0.3, 0.4) is 0 Å². The van der Waals surface area contributed by atoms with Crippen molar-refractivity contribution in [1.82, 2.24) is 5.32 Å². The van der Waals surface area contributed by atoms with E-state index in [0.717, 1.165) is 0 Å². The fourth-order valence-corrected chi connectivity index (χ4v) is 1.23. The SMILES string of the molecule is O=C(NCCOCCO)C(=O)Nc1ccccc1F. The van der Waals surface area contributed by atoms with Gasteiger partial charge in [0, 0.05) is 6.54 Å². The summed E-state index contributed by atoms with van der Waals surface area (Å²) in [5.74, 6) is -2.45. The molecule has 3 N–H and O–H groups in total. The first-order chi connectivity index (χ1) is 9.15. The highest BCUT2D eigenvalue weighted by Crippen LogP contribution is 2.11. The smallest absolute Gasteiger partial charge is 0.313 e. The van der Waals surface area contributed by atoms with Crippen LogP contribution in [0.2, 0.25) is 0 Å². The van der Waals surface area contributed by atoms with Gasteiger partial charge >= 0.3 is 11.8 Å². The molecule has 0 aromatic heterocycles. The molecule has 0 aliphatic rings. The minimum Gasteiger partial charge on any atom is -0.394 e. The zero-order chi connectivity index (χ0) is 14.1. The number of hydrogen-bond acceptors (Lipinski definition) is 4. The summed E-state index contributed by atoms with van der Waals surface area (Å²) in [6, 6.07) is 5.55. The van der Waals surface area contributed by atoms with Crippen molar-refractivity contribution in [2.45, 2.75) is 0 Å². The monoisotopic (exact) mass is 270 g/mol. The van der Waals surface area contributed by atoms with Crippen molar-refractivity contribution in [2.24, 2.45) is 0 Å². The number of anilines is 1. The van der Waals surface area contributed by atoms with Crippen LogP contribution >= 0.6 is 0 Å². The van der Waals surface area contributed by atoms with E-state index in [1.807, 2.05) is 0 Å². The highest BCUT2D eigenvalue weighted by Gasteiger charge is 2.14.